The molecule has 0 radical (unpaired) electrons. The highest BCUT2D eigenvalue weighted by atomic mass is 16.7. The largest absolute Gasteiger partial charge is 0.373 e. The van der Waals surface area contributed by atoms with Crippen molar-refractivity contribution in [1.29, 1.82) is 0 Å². The van der Waals surface area contributed by atoms with Gasteiger partial charge in [0, 0.05) is 0 Å². The molecule has 2 N–H and O–H groups in total. The van der Waals surface area contributed by atoms with Gasteiger partial charge in [-0.15, -0.1) is 0 Å². The number of carbonyl (C=O) groups excluding carboxylic acids is 1. The second kappa shape index (κ2) is 7.55. The van der Waals surface area contributed by atoms with Crippen molar-refractivity contribution in [2.45, 2.75) is 33.1 Å². The van der Waals surface area contributed by atoms with Crippen LogP contribution in [0.1, 0.15) is 33.1 Å². The van der Waals surface area contributed by atoms with E-state index in [1.54, 1.807) is 0 Å². The van der Waals surface area contributed by atoms with E-state index < -0.39 is 0 Å². The summed E-state index contributed by atoms with van der Waals surface area (Å²) in [7, 11) is 0. The van der Waals surface area contributed by atoms with Crippen LogP contribution in [0.3, 0.4) is 0 Å². The van der Waals surface area contributed by atoms with E-state index in [1.165, 1.54) is 0 Å². The van der Waals surface area contributed by atoms with E-state index in [2.05, 4.69) is 10.7 Å². The molecule has 0 saturated carbocycles. The zero-order chi connectivity index (χ0) is 10.1. The molecule has 3 heteroatoms. The maximum atomic E-state index is 10.7. The average Bonchev–Trinajstić information content (AvgIpc) is 2.22. The van der Waals surface area contributed by atoms with Crippen LogP contribution in [0.25, 0.3) is 0 Å². The van der Waals surface area contributed by atoms with Gasteiger partial charge in [-0.05, 0) is 18.4 Å². The first-order valence-corrected chi connectivity index (χ1v) is 4.58. The quantitative estimate of drug-likeness (QED) is 0.667. The summed E-state index contributed by atoms with van der Waals surface area (Å²) in [5.41, 5.74) is 0.992. The molecule has 0 heterocycles. The summed E-state index contributed by atoms with van der Waals surface area (Å²) in [6.45, 7) is 4.00. The van der Waals surface area contributed by atoms with Crippen LogP contribution in [-0.4, -0.2) is 5.97 Å². The van der Waals surface area contributed by atoms with E-state index in [4.69, 9.17) is 0 Å². The third kappa shape index (κ3) is 5.20. The second-order valence-corrected chi connectivity index (χ2v) is 2.43. The summed E-state index contributed by atoms with van der Waals surface area (Å²) in [4.78, 5) is 14.7. The third-order valence-corrected chi connectivity index (χ3v) is 1.55. The van der Waals surface area contributed by atoms with Crippen molar-refractivity contribution in [2.75, 3.05) is 0 Å². The maximum absolute atomic E-state index is 10.7. The van der Waals surface area contributed by atoms with Crippen LogP contribution in [-0.2, 0) is 9.63 Å². The Bertz CT molecular complexity index is 207. The fourth-order valence-corrected chi connectivity index (χ4v) is 1.01. The molecule has 0 spiro atoms. The highest BCUT2D eigenvalue weighted by Gasteiger charge is 2.04. The SMILES string of the molecule is CC.NOC(=O)CC1=CCCC=C1. The van der Waals surface area contributed by atoms with Crippen LogP contribution in [0.2, 0.25) is 0 Å². The number of carbonyl (C=O) groups is 1. The van der Waals surface area contributed by atoms with Crippen molar-refractivity contribution in [1.82, 2.24) is 0 Å². The van der Waals surface area contributed by atoms with Gasteiger partial charge in [0.25, 0.3) is 0 Å². The number of rotatable bonds is 2. The van der Waals surface area contributed by atoms with Gasteiger partial charge in [-0.25, -0.2) is 0 Å². The van der Waals surface area contributed by atoms with Crippen LogP contribution in [0.4, 0.5) is 0 Å². The highest BCUT2D eigenvalue weighted by molar-refractivity contribution is 5.72. The van der Waals surface area contributed by atoms with Crippen molar-refractivity contribution in [3.05, 3.63) is 23.8 Å². The van der Waals surface area contributed by atoms with Gasteiger partial charge in [0.05, 0.1) is 6.42 Å². The molecule has 0 aromatic carbocycles. The number of hydrogen-bond acceptors (Lipinski definition) is 3. The normalized spacial score (nSPS) is 13.9. The average molecular weight is 183 g/mol. The molecule has 1 aliphatic rings. The molecule has 0 atom stereocenters. The minimum absolute atomic E-state index is 0.285. The summed E-state index contributed by atoms with van der Waals surface area (Å²) in [5, 5.41) is 0. The molecule has 0 saturated heterocycles. The molecule has 0 aliphatic heterocycles. The first-order chi connectivity index (χ1) is 6.33. The molecule has 1 rings (SSSR count). The van der Waals surface area contributed by atoms with E-state index in [9.17, 15) is 4.79 Å². The predicted molar refractivity (Wildman–Crippen MR) is 52.7 cm³/mol. The lowest BCUT2D eigenvalue weighted by Gasteiger charge is -2.03. The molecular weight excluding hydrogens is 166 g/mol. The van der Waals surface area contributed by atoms with Gasteiger partial charge in [-0.1, -0.05) is 32.1 Å². The molecule has 0 amide bonds. The standard InChI is InChI=1S/C8H11NO2.C2H6/c9-11-8(10)6-7-4-2-1-3-5-7;1-2/h2,4-5H,1,3,6,9H2;1-2H3. The lowest BCUT2D eigenvalue weighted by Crippen LogP contribution is -2.10. The Morgan fingerprint density at radius 2 is 2.23 bits per heavy atom. The lowest BCUT2D eigenvalue weighted by molar-refractivity contribution is -0.143. The van der Waals surface area contributed by atoms with Gasteiger partial charge in [0.2, 0.25) is 0 Å². The Labute approximate surface area is 79.2 Å². The van der Waals surface area contributed by atoms with Crippen molar-refractivity contribution < 1.29 is 9.63 Å². The van der Waals surface area contributed by atoms with Gasteiger partial charge in [-0.3, -0.25) is 4.79 Å². The molecule has 0 fully saturated rings. The fraction of sp³-hybridized carbons (Fsp3) is 0.500. The topological polar surface area (TPSA) is 52.3 Å². The summed E-state index contributed by atoms with van der Waals surface area (Å²) >= 11 is 0. The monoisotopic (exact) mass is 183 g/mol. The van der Waals surface area contributed by atoms with Gasteiger partial charge in [0.1, 0.15) is 0 Å². The number of hydrogen-bond donors (Lipinski definition) is 1. The summed E-state index contributed by atoms with van der Waals surface area (Å²) in [6.07, 6.45) is 8.34. The molecule has 0 unspecified atom stereocenters. The van der Waals surface area contributed by atoms with Crippen molar-refractivity contribution in [3.8, 4) is 0 Å². The molecule has 0 bridgehead atoms. The summed E-state index contributed by atoms with van der Waals surface area (Å²) in [6, 6.07) is 0. The number of allylic oxidation sites excluding steroid dienone is 3. The maximum Gasteiger partial charge on any atom is 0.328 e. The molecular formula is C10H17NO2. The van der Waals surface area contributed by atoms with E-state index in [-0.39, 0.29) is 12.4 Å². The summed E-state index contributed by atoms with van der Waals surface area (Å²) in [5.74, 6) is 4.30. The Morgan fingerprint density at radius 1 is 1.54 bits per heavy atom. The van der Waals surface area contributed by atoms with Gasteiger partial charge in [-0.2, -0.15) is 5.90 Å². The molecule has 0 aromatic rings. The molecule has 74 valence electrons. The highest BCUT2D eigenvalue weighted by Crippen LogP contribution is 2.12. The molecule has 1 aliphatic carbocycles. The minimum atomic E-state index is -0.386. The van der Waals surface area contributed by atoms with Gasteiger partial charge < -0.3 is 4.84 Å². The van der Waals surface area contributed by atoms with Crippen molar-refractivity contribution in [3.63, 3.8) is 0 Å². The predicted octanol–water partition coefficient (Wildman–Crippen LogP) is 2.10. The van der Waals surface area contributed by atoms with Gasteiger partial charge >= 0.3 is 5.97 Å². The first-order valence-electron chi connectivity index (χ1n) is 4.58. The van der Waals surface area contributed by atoms with E-state index in [0.29, 0.717) is 0 Å². The Kier molecular flexibility index (Phi) is 6.92. The smallest absolute Gasteiger partial charge is 0.328 e. The van der Waals surface area contributed by atoms with Crippen molar-refractivity contribution >= 4 is 5.97 Å². The zero-order valence-electron chi connectivity index (χ0n) is 8.25. The fourth-order valence-electron chi connectivity index (χ4n) is 1.01. The van der Waals surface area contributed by atoms with Gasteiger partial charge in [0.15, 0.2) is 0 Å². The van der Waals surface area contributed by atoms with Crippen molar-refractivity contribution in [2.24, 2.45) is 5.90 Å². The van der Waals surface area contributed by atoms with E-state index >= 15 is 0 Å². The molecule has 0 aromatic heterocycles. The summed E-state index contributed by atoms with van der Waals surface area (Å²) < 4.78 is 0. The van der Waals surface area contributed by atoms with E-state index in [0.717, 1.165) is 18.4 Å². The van der Waals surface area contributed by atoms with Crippen LogP contribution in [0.5, 0.6) is 0 Å². The second-order valence-electron chi connectivity index (χ2n) is 2.43. The Hall–Kier alpha value is -1.09. The zero-order valence-corrected chi connectivity index (χ0v) is 8.25. The van der Waals surface area contributed by atoms with Crippen LogP contribution < -0.4 is 5.90 Å². The third-order valence-electron chi connectivity index (χ3n) is 1.55. The number of nitrogens with two attached hydrogens (primary N) is 1. The Morgan fingerprint density at radius 3 is 2.69 bits per heavy atom. The molecule has 13 heavy (non-hydrogen) atoms. The van der Waals surface area contributed by atoms with Crippen LogP contribution >= 0.6 is 0 Å². The van der Waals surface area contributed by atoms with Crippen LogP contribution in [0, 0.1) is 0 Å². The Balaban J connectivity index is 0.000000671. The minimum Gasteiger partial charge on any atom is -0.373 e. The lowest BCUT2D eigenvalue weighted by atomic mass is 10.0. The molecule has 3 nitrogen and oxygen atoms in total. The van der Waals surface area contributed by atoms with Crippen LogP contribution in [0.15, 0.2) is 23.8 Å². The first kappa shape index (κ1) is 11.9. The van der Waals surface area contributed by atoms with E-state index in [1.807, 2.05) is 32.1 Å².